The monoisotopic (exact) mass is 464 g/mol. The third-order valence-electron chi connectivity index (χ3n) is 7.19. The van der Waals surface area contributed by atoms with Crippen LogP contribution in [-0.2, 0) is 14.3 Å². The number of rotatable bonds is 8. The van der Waals surface area contributed by atoms with Crippen molar-refractivity contribution in [1.29, 1.82) is 0 Å². The number of amides is 2. The van der Waals surface area contributed by atoms with Crippen molar-refractivity contribution in [2.75, 3.05) is 19.7 Å². The molecule has 4 rings (SSSR count). The smallest absolute Gasteiger partial charge is 0.407 e. The number of fused-ring (bicyclic) bond motifs is 3. The number of hydrogen-bond donors (Lipinski definition) is 2. The standard InChI is InChI=1S/C27H32N2O5/c1-3-18(14-24(30)29-13-12-17(2)25(29)26(31)32)15-28-27(33)34-16-23-21-10-6-4-8-19(21)20-9-5-7-11-22(20)23/h4-11,17-18,23,25H,3,12-16H2,1-2H3,(H,28,33)(H,31,32). The Labute approximate surface area is 200 Å². The summed E-state index contributed by atoms with van der Waals surface area (Å²) in [6.45, 7) is 4.83. The number of hydrogen-bond acceptors (Lipinski definition) is 4. The molecule has 2 aromatic carbocycles. The molecule has 2 aromatic rings. The van der Waals surface area contributed by atoms with Gasteiger partial charge in [0.1, 0.15) is 12.6 Å². The third-order valence-corrected chi connectivity index (χ3v) is 7.19. The highest BCUT2D eigenvalue weighted by Crippen LogP contribution is 2.44. The van der Waals surface area contributed by atoms with Crippen LogP contribution in [0.25, 0.3) is 11.1 Å². The molecule has 34 heavy (non-hydrogen) atoms. The first-order valence-electron chi connectivity index (χ1n) is 12.0. The lowest BCUT2D eigenvalue weighted by molar-refractivity contribution is -0.149. The molecule has 1 fully saturated rings. The Kier molecular flexibility index (Phi) is 7.20. The molecule has 2 aliphatic rings. The Morgan fingerprint density at radius 2 is 1.71 bits per heavy atom. The minimum Gasteiger partial charge on any atom is -0.480 e. The molecule has 1 heterocycles. The van der Waals surface area contributed by atoms with E-state index in [0.29, 0.717) is 25.9 Å². The van der Waals surface area contributed by atoms with Crippen molar-refractivity contribution in [2.24, 2.45) is 11.8 Å². The van der Waals surface area contributed by atoms with Gasteiger partial charge in [0, 0.05) is 25.4 Å². The summed E-state index contributed by atoms with van der Waals surface area (Å²) in [4.78, 5) is 38.3. The molecule has 7 nitrogen and oxygen atoms in total. The summed E-state index contributed by atoms with van der Waals surface area (Å²) in [5.41, 5.74) is 4.66. The molecule has 0 spiro atoms. The minimum absolute atomic E-state index is 0.00758. The van der Waals surface area contributed by atoms with Crippen molar-refractivity contribution >= 4 is 18.0 Å². The van der Waals surface area contributed by atoms with E-state index in [1.165, 1.54) is 16.0 Å². The highest BCUT2D eigenvalue weighted by atomic mass is 16.5. The van der Waals surface area contributed by atoms with Crippen molar-refractivity contribution in [2.45, 2.75) is 45.1 Å². The van der Waals surface area contributed by atoms with E-state index in [4.69, 9.17) is 4.74 Å². The van der Waals surface area contributed by atoms with Crippen molar-refractivity contribution in [3.63, 3.8) is 0 Å². The van der Waals surface area contributed by atoms with E-state index in [9.17, 15) is 19.5 Å². The number of alkyl carbamates (subject to hydrolysis) is 1. The summed E-state index contributed by atoms with van der Waals surface area (Å²) in [5.74, 6) is -1.27. The summed E-state index contributed by atoms with van der Waals surface area (Å²) in [6.07, 6.45) is 1.08. The van der Waals surface area contributed by atoms with Gasteiger partial charge in [-0.1, -0.05) is 68.8 Å². The molecular weight excluding hydrogens is 432 g/mol. The Morgan fingerprint density at radius 3 is 2.29 bits per heavy atom. The molecule has 0 bridgehead atoms. The highest BCUT2D eigenvalue weighted by Gasteiger charge is 2.39. The van der Waals surface area contributed by atoms with E-state index >= 15 is 0 Å². The molecule has 1 saturated heterocycles. The second kappa shape index (κ2) is 10.3. The first-order valence-corrected chi connectivity index (χ1v) is 12.0. The van der Waals surface area contributed by atoms with Gasteiger partial charge in [-0.25, -0.2) is 9.59 Å². The maximum absolute atomic E-state index is 12.8. The van der Waals surface area contributed by atoms with Crippen LogP contribution in [0.1, 0.15) is 50.2 Å². The maximum atomic E-state index is 12.8. The fourth-order valence-corrected chi connectivity index (χ4v) is 5.21. The van der Waals surface area contributed by atoms with Gasteiger partial charge in [0.25, 0.3) is 0 Å². The summed E-state index contributed by atoms with van der Waals surface area (Å²) in [7, 11) is 0. The van der Waals surface area contributed by atoms with Gasteiger partial charge < -0.3 is 20.1 Å². The first-order chi connectivity index (χ1) is 16.4. The van der Waals surface area contributed by atoms with Crippen LogP contribution in [0, 0.1) is 11.8 Å². The summed E-state index contributed by atoms with van der Waals surface area (Å²) >= 11 is 0. The maximum Gasteiger partial charge on any atom is 0.407 e. The SMILES string of the molecule is CCC(CNC(=O)OCC1c2ccccc2-c2ccccc21)CC(=O)N1CCC(C)C1C(=O)O. The third kappa shape index (κ3) is 4.79. The van der Waals surface area contributed by atoms with Gasteiger partial charge in [-0.2, -0.15) is 0 Å². The zero-order valence-corrected chi connectivity index (χ0v) is 19.7. The molecule has 1 aliphatic carbocycles. The fraction of sp³-hybridized carbons (Fsp3) is 0.444. The first kappa shape index (κ1) is 23.8. The van der Waals surface area contributed by atoms with Crippen LogP contribution in [0.5, 0.6) is 0 Å². The molecule has 0 radical (unpaired) electrons. The van der Waals surface area contributed by atoms with Gasteiger partial charge in [-0.15, -0.1) is 0 Å². The van der Waals surface area contributed by atoms with Crippen molar-refractivity contribution in [3.8, 4) is 11.1 Å². The molecule has 3 unspecified atom stereocenters. The number of benzene rings is 2. The Hall–Kier alpha value is -3.35. The fourth-order valence-electron chi connectivity index (χ4n) is 5.21. The molecule has 2 N–H and O–H groups in total. The van der Waals surface area contributed by atoms with E-state index in [0.717, 1.165) is 11.1 Å². The molecular formula is C27H32N2O5. The topological polar surface area (TPSA) is 95.9 Å². The zero-order chi connectivity index (χ0) is 24.2. The molecule has 0 aromatic heterocycles. The van der Waals surface area contributed by atoms with Crippen LogP contribution in [0.15, 0.2) is 48.5 Å². The molecule has 1 aliphatic heterocycles. The largest absolute Gasteiger partial charge is 0.480 e. The number of carbonyl (C=O) groups is 3. The van der Waals surface area contributed by atoms with Crippen LogP contribution < -0.4 is 5.32 Å². The van der Waals surface area contributed by atoms with Crippen LogP contribution >= 0.6 is 0 Å². The summed E-state index contributed by atoms with van der Waals surface area (Å²) in [5, 5.41) is 12.3. The predicted molar refractivity (Wildman–Crippen MR) is 128 cm³/mol. The summed E-state index contributed by atoms with van der Waals surface area (Å²) in [6, 6.07) is 15.6. The average molecular weight is 465 g/mol. The number of carboxylic acid groups (broad SMARTS) is 1. The summed E-state index contributed by atoms with van der Waals surface area (Å²) < 4.78 is 5.58. The second-order valence-electron chi connectivity index (χ2n) is 9.32. The number of carboxylic acids is 1. The van der Waals surface area contributed by atoms with Crippen LogP contribution in [-0.4, -0.2) is 53.7 Å². The Balaban J connectivity index is 1.30. The van der Waals surface area contributed by atoms with E-state index in [1.54, 1.807) is 0 Å². The molecule has 0 saturated carbocycles. The lowest BCUT2D eigenvalue weighted by Crippen LogP contribution is -2.44. The number of nitrogens with one attached hydrogen (secondary N) is 1. The number of carbonyl (C=O) groups excluding carboxylic acids is 2. The number of nitrogens with zero attached hydrogens (tertiary/aromatic N) is 1. The van der Waals surface area contributed by atoms with E-state index in [2.05, 4.69) is 29.6 Å². The van der Waals surface area contributed by atoms with Gasteiger partial charge in [0.2, 0.25) is 5.91 Å². The van der Waals surface area contributed by atoms with Crippen molar-refractivity contribution < 1.29 is 24.2 Å². The van der Waals surface area contributed by atoms with Gasteiger partial charge in [-0.3, -0.25) is 4.79 Å². The second-order valence-corrected chi connectivity index (χ2v) is 9.32. The molecule has 180 valence electrons. The van der Waals surface area contributed by atoms with Crippen LogP contribution in [0.3, 0.4) is 0 Å². The molecule has 3 atom stereocenters. The quantitative estimate of drug-likeness (QED) is 0.609. The normalized spacial score (nSPS) is 19.9. The van der Waals surface area contributed by atoms with Crippen LogP contribution in [0.4, 0.5) is 4.79 Å². The Morgan fingerprint density at radius 1 is 1.09 bits per heavy atom. The van der Waals surface area contributed by atoms with E-state index < -0.39 is 18.1 Å². The van der Waals surface area contributed by atoms with Crippen LogP contribution in [0.2, 0.25) is 0 Å². The number of aliphatic carboxylic acids is 1. The highest BCUT2D eigenvalue weighted by molar-refractivity contribution is 5.84. The van der Waals surface area contributed by atoms with Gasteiger partial charge >= 0.3 is 12.1 Å². The molecule has 2 amide bonds. The lowest BCUT2D eigenvalue weighted by Gasteiger charge is -2.25. The average Bonchev–Trinajstić information content (AvgIpc) is 3.38. The number of ether oxygens (including phenoxy) is 1. The van der Waals surface area contributed by atoms with Crippen molar-refractivity contribution in [1.82, 2.24) is 10.2 Å². The predicted octanol–water partition coefficient (Wildman–Crippen LogP) is 4.26. The number of likely N-dealkylation sites (tertiary alicyclic amines) is 1. The molecule has 7 heteroatoms. The lowest BCUT2D eigenvalue weighted by atomic mass is 9.98. The van der Waals surface area contributed by atoms with Gasteiger partial charge in [0.15, 0.2) is 0 Å². The van der Waals surface area contributed by atoms with Gasteiger partial charge in [-0.05, 0) is 40.5 Å². The van der Waals surface area contributed by atoms with Gasteiger partial charge in [0.05, 0.1) is 0 Å². The Bertz CT molecular complexity index is 1020. The zero-order valence-electron chi connectivity index (χ0n) is 19.7. The van der Waals surface area contributed by atoms with E-state index in [1.807, 2.05) is 38.1 Å². The van der Waals surface area contributed by atoms with E-state index in [-0.39, 0.29) is 36.7 Å². The van der Waals surface area contributed by atoms with Crippen molar-refractivity contribution in [3.05, 3.63) is 59.7 Å². The minimum atomic E-state index is -0.955.